The third-order valence-corrected chi connectivity index (χ3v) is 6.63. The van der Waals surface area contributed by atoms with E-state index in [4.69, 9.17) is 8.74 Å². The smallest absolute Gasteiger partial charge is 0.291 e. The van der Waals surface area contributed by atoms with E-state index >= 15 is 0 Å². The van der Waals surface area contributed by atoms with Gasteiger partial charge in [0.25, 0.3) is 20.2 Å². The first kappa shape index (κ1) is 23.9. The van der Waals surface area contributed by atoms with E-state index in [0.29, 0.717) is 5.56 Å². The van der Waals surface area contributed by atoms with Gasteiger partial charge < -0.3 is 0 Å². The van der Waals surface area contributed by atoms with Gasteiger partial charge in [0.2, 0.25) is 5.78 Å². The van der Waals surface area contributed by atoms with Crippen LogP contribution < -0.4 is 0 Å². The summed E-state index contributed by atoms with van der Waals surface area (Å²) in [6.45, 7) is 5.02. The average Bonchev–Trinajstić information content (AvgIpc) is 2.64. The molecule has 0 aromatic heterocycles. The molecule has 1 aromatic carbocycles. The van der Waals surface area contributed by atoms with Gasteiger partial charge in [0.05, 0.1) is 11.5 Å². The molecule has 0 amide bonds. The van der Waals surface area contributed by atoms with Crippen LogP contribution in [0.3, 0.4) is 0 Å². The molecule has 0 saturated carbocycles. The van der Waals surface area contributed by atoms with E-state index in [1.54, 1.807) is 31.2 Å². The summed E-state index contributed by atoms with van der Waals surface area (Å²) in [4.78, 5) is 22.3. The molecule has 8 nitrogen and oxygen atoms in total. The molecule has 0 radical (unpaired) electrons. The van der Waals surface area contributed by atoms with Crippen LogP contribution in [-0.4, -0.2) is 39.6 Å². The number of rotatable bonds is 8. The van der Waals surface area contributed by atoms with Gasteiger partial charge in [-0.1, -0.05) is 24.6 Å². The minimum atomic E-state index is -4.02. The minimum absolute atomic E-state index is 0.0666. The van der Waals surface area contributed by atoms with Crippen LogP contribution in [0.15, 0.2) is 46.2 Å². The van der Waals surface area contributed by atoms with Crippen molar-refractivity contribution in [3.05, 3.63) is 47.5 Å². The number of aryl methyl sites for hydroxylation is 2. The van der Waals surface area contributed by atoms with Crippen LogP contribution in [-0.2, 0) is 34.0 Å². The number of carbonyl (C=O) groups excluding carboxylic acids is 2. The molecule has 1 aromatic rings. The summed E-state index contributed by atoms with van der Waals surface area (Å²) in [6.07, 6.45) is -0.0863. The molecule has 10 heteroatoms. The van der Waals surface area contributed by atoms with Crippen LogP contribution in [0.4, 0.5) is 0 Å². The highest BCUT2D eigenvalue weighted by Gasteiger charge is 2.30. The van der Waals surface area contributed by atoms with E-state index in [1.165, 1.54) is 12.1 Å². The van der Waals surface area contributed by atoms with Gasteiger partial charge in [-0.2, -0.15) is 16.8 Å². The Morgan fingerprint density at radius 3 is 1.97 bits per heavy atom. The average molecular weight is 455 g/mol. The Balaban J connectivity index is 0.000000248. The lowest BCUT2D eigenvalue weighted by molar-refractivity contribution is -0.136. The van der Waals surface area contributed by atoms with Crippen molar-refractivity contribution in [2.24, 2.45) is 0 Å². The molecule has 1 N–H and O–H groups in total. The summed E-state index contributed by atoms with van der Waals surface area (Å²) in [5.41, 5.74) is 3.64. The third-order valence-electron chi connectivity index (χ3n) is 4.40. The monoisotopic (exact) mass is 454 g/mol. The Hall–Kier alpha value is -2.40. The van der Waals surface area contributed by atoms with Gasteiger partial charge in [0, 0.05) is 18.4 Å². The summed E-state index contributed by atoms with van der Waals surface area (Å²) < 4.78 is 57.9. The normalized spacial score (nSPS) is 12.0. The largest absolute Gasteiger partial charge is 0.297 e. The van der Waals surface area contributed by atoms with Crippen molar-refractivity contribution < 1.29 is 35.2 Å². The lowest BCUT2D eigenvalue weighted by Gasteiger charge is -2.23. The summed E-state index contributed by atoms with van der Waals surface area (Å²) >= 11 is 0. The molecule has 3 rings (SSSR count). The third kappa shape index (κ3) is 5.60. The number of hydrogen-bond donors (Lipinski definition) is 1. The predicted octanol–water partition coefficient (Wildman–Crippen LogP) is 2.86. The second-order valence-electron chi connectivity index (χ2n) is 6.68. The summed E-state index contributed by atoms with van der Waals surface area (Å²) in [6, 6.07) is 9.32. The van der Waals surface area contributed by atoms with Gasteiger partial charge in [0.1, 0.15) is 4.90 Å². The van der Waals surface area contributed by atoms with Crippen molar-refractivity contribution in [1.82, 2.24) is 0 Å². The first-order valence-electron chi connectivity index (χ1n) is 9.01. The minimum Gasteiger partial charge on any atom is -0.291 e. The van der Waals surface area contributed by atoms with E-state index in [9.17, 15) is 26.4 Å². The molecule has 30 heavy (non-hydrogen) atoms. The molecule has 0 bridgehead atoms. The van der Waals surface area contributed by atoms with Gasteiger partial charge in [-0.05, 0) is 49.2 Å². The maximum absolute atomic E-state index is 11.8. The van der Waals surface area contributed by atoms with E-state index in [0.717, 1.165) is 16.7 Å². The standard InChI is InChI=1S/C13H14O5S.C7H8O3S/c1-3-11(14)12(15)4-5-18-19(16,17)13-7-9-8(2)6-10(9)13;1-6-2-4-7(5-3-6)11(8,9)10/h6-7H,3-5H2,1-2H3;2-5H,1H3,(H,8,9,10). The van der Waals surface area contributed by atoms with Crippen molar-refractivity contribution in [2.75, 3.05) is 6.61 Å². The molecule has 0 heterocycles. The van der Waals surface area contributed by atoms with Crippen molar-refractivity contribution in [3.63, 3.8) is 0 Å². The maximum Gasteiger partial charge on any atom is 0.297 e. The van der Waals surface area contributed by atoms with Crippen LogP contribution in [0.2, 0.25) is 0 Å². The lowest BCUT2D eigenvalue weighted by Crippen LogP contribution is -2.18. The number of hydrogen-bond acceptors (Lipinski definition) is 7. The van der Waals surface area contributed by atoms with Gasteiger partial charge in [0.15, 0.2) is 5.78 Å². The molecular weight excluding hydrogens is 432 g/mol. The molecule has 0 fully saturated rings. The summed E-state index contributed by atoms with van der Waals surface area (Å²) in [5, 5.41) is 0. The van der Waals surface area contributed by atoms with Crippen LogP contribution in [0.5, 0.6) is 0 Å². The molecule has 0 unspecified atom stereocenters. The molecule has 2 aliphatic rings. The number of carbonyl (C=O) groups is 2. The second kappa shape index (κ2) is 9.17. The van der Waals surface area contributed by atoms with E-state index in [2.05, 4.69) is 0 Å². The van der Waals surface area contributed by atoms with Crippen molar-refractivity contribution in [3.8, 4) is 11.1 Å². The molecule has 162 valence electrons. The zero-order valence-corrected chi connectivity index (χ0v) is 18.3. The van der Waals surface area contributed by atoms with Crippen molar-refractivity contribution in [1.29, 1.82) is 0 Å². The first-order valence-corrected chi connectivity index (χ1v) is 11.9. The molecule has 2 aliphatic carbocycles. The van der Waals surface area contributed by atoms with Crippen LogP contribution in [0, 0.1) is 13.8 Å². The number of fused-ring (bicyclic) bond motifs is 1. The maximum atomic E-state index is 11.8. The Morgan fingerprint density at radius 2 is 1.53 bits per heavy atom. The molecular formula is C20H22O8S2. The molecule has 0 aliphatic heterocycles. The predicted molar refractivity (Wildman–Crippen MR) is 109 cm³/mol. The zero-order valence-electron chi connectivity index (χ0n) is 16.7. The zero-order chi connectivity index (χ0) is 22.7. The Labute approximate surface area is 175 Å². The molecule has 0 spiro atoms. The Bertz CT molecular complexity index is 1180. The van der Waals surface area contributed by atoms with Crippen LogP contribution in [0.25, 0.3) is 11.1 Å². The fourth-order valence-electron chi connectivity index (χ4n) is 2.59. The van der Waals surface area contributed by atoms with E-state index < -0.39 is 31.8 Å². The Kier molecular flexibility index (Phi) is 7.30. The van der Waals surface area contributed by atoms with Gasteiger partial charge in [-0.15, -0.1) is 0 Å². The summed E-state index contributed by atoms with van der Waals surface area (Å²) in [7, 11) is -7.83. The lowest BCUT2D eigenvalue weighted by atomic mass is 9.87. The number of ketones is 2. The van der Waals surface area contributed by atoms with Crippen molar-refractivity contribution in [2.45, 2.75) is 43.4 Å². The topological polar surface area (TPSA) is 132 Å². The van der Waals surface area contributed by atoms with Crippen LogP contribution >= 0.6 is 0 Å². The van der Waals surface area contributed by atoms with Crippen LogP contribution in [0.1, 0.15) is 30.9 Å². The molecule has 0 atom stereocenters. The van der Waals surface area contributed by atoms with Gasteiger partial charge in [-0.25, -0.2) is 0 Å². The second-order valence-corrected chi connectivity index (χ2v) is 9.68. The van der Waals surface area contributed by atoms with E-state index in [1.807, 2.05) is 13.8 Å². The highest BCUT2D eigenvalue weighted by molar-refractivity contribution is 7.87. The fourth-order valence-corrected chi connectivity index (χ4v) is 4.20. The highest BCUT2D eigenvalue weighted by atomic mass is 32.2. The quantitative estimate of drug-likeness (QED) is 0.312. The number of benzene rings is 2. The number of Topliss-reactive ketones (excluding diaryl/α,β-unsaturated/α-hetero) is 2. The first-order chi connectivity index (χ1) is 13.9. The highest BCUT2D eigenvalue weighted by Crippen LogP contribution is 2.43. The summed E-state index contributed by atoms with van der Waals surface area (Å²) in [5.74, 6) is -1.11. The SMILES string of the molecule is CCC(=O)C(=O)CCOS(=O)(=O)c1cc2c(C)cc1-2.Cc1ccc(S(=O)(=O)O)cc1. The fraction of sp³-hybridized carbons (Fsp3) is 0.300. The van der Waals surface area contributed by atoms with E-state index in [-0.39, 0.29) is 29.2 Å². The van der Waals surface area contributed by atoms with Gasteiger partial charge >= 0.3 is 0 Å². The molecule has 0 saturated heterocycles. The van der Waals surface area contributed by atoms with Gasteiger partial charge in [-0.3, -0.25) is 18.3 Å². The Morgan fingerprint density at radius 1 is 0.933 bits per heavy atom. The van der Waals surface area contributed by atoms with Crippen molar-refractivity contribution >= 4 is 31.8 Å².